The number of hydrogen-bond donors (Lipinski definition) is 1. The number of carbonyl (C=O) groups excluding carboxylic acids is 2. The Bertz CT molecular complexity index is 1720. The minimum absolute atomic E-state index is 0.0360. The Morgan fingerprint density at radius 3 is 2.00 bits per heavy atom. The lowest BCUT2D eigenvalue weighted by Crippen LogP contribution is -2.53. The fourth-order valence-electron chi connectivity index (χ4n) is 4.66. The van der Waals surface area contributed by atoms with Gasteiger partial charge >= 0.3 is 0 Å². The van der Waals surface area contributed by atoms with Crippen molar-refractivity contribution in [1.29, 1.82) is 0 Å². The summed E-state index contributed by atoms with van der Waals surface area (Å²) in [4.78, 5) is 29.5. The summed E-state index contributed by atoms with van der Waals surface area (Å²) in [6.45, 7) is 1.48. The monoisotopic (exact) mass is 705 g/mol. The first-order chi connectivity index (χ1) is 21.5. The summed E-state index contributed by atoms with van der Waals surface area (Å²) in [5.41, 5.74) is 1.34. The van der Waals surface area contributed by atoms with Crippen molar-refractivity contribution < 1.29 is 18.0 Å². The number of sulfonamides is 1. The highest BCUT2D eigenvalue weighted by Crippen LogP contribution is 2.32. The van der Waals surface area contributed by atoms with Gasteiger partial charge in [-0.3, -0.25) is 13.9 Å². The second-order valence-corrected chi connectivity index (χ2v) is 13.6. The van der Waals surface area contributed by atoms with Gasteiger partial charge in [-0.15, -0.1) is 0 Å². The molecule has 0 spiro atoms. The van der Waals surface area contributed by atoms with Crippen molar-refractivity contribution in [3.05, 3.63) is 128 Å². The van der Waals surface area contributed by atoms with E-state index in [1.807, 2.05) is 37.3 Å². The average molecular weight is 708 g/mol. The Morgan fingerprint density at radius 2 is 1.40 bits per heavy atom. The molecule has 0 aliphatic heterocycles. The van der Waals surface area contributed by atoms with Crippen LogP contribution < -0.4 is 9.62 Å². The molecule has 4 aromatic carbocycles. The number of anilines is 1. The van der Waals surface area contributed by atoms with E-state index in [-0.39, 0.29) is 33.6 Å². The van der Waals surface area contributed by atoms with Crippen LogP contribution >= 0.6 is 46.4 Å². The number of halogens is 4. The topological polar surface area (TPSA) is 86.8 Å². The van der Waals surface area contributed by atoms with Gasteiger partial charge in [0.05, 0.1) is 20.6 Å². The number of rotatable bonds is 13. The molecular formula is C33H31Cl4N3O4S. The second kappa shape index (κ2) is 15.8. The molecule has 0 bridgehead atoms. The molecule has 0 aliphatic carbocycles. The number of amides is 2. The summed E-state index contributed by atoms with van der Waals surface area (Å²) in [7, 11) is -4.29. The highest BCUT2D eigenvalue weighted by atomic mass is 35.5. The van der Waals surface area contributed by atoms with Crippen molar-refractivity contribution in [2.75, 3.05) is 17.4 Å². The third kappa shape index (κ3) is 8.71. The normalized spacial score (nSPS) is 11.9. The molecule has 1 atom stereocenters. The first-order valence-electron chi connectivity index (χ1n) is 14.1. The SMILES string of the molecule is CCCNC(=O)[C@H](Cc1ccccc1)N(Cc1c(Cl)cccc1Cl)C(=O)CN(c1ccc(Cl)c(Cl)c1)S(=O)(=O)c1ccccc1. The second-order valence-electron chi connectivity index (χ2n) is 10.1. The van der Waals surface area contributed by atoms with Crippen LogP contribution in [0.2, 0.25) is 20.1 Å². The van der Waals surface area contributed by atoms with Gasteiger partial charge in [-0.2, -0.15) is 0 Å². The van der Waals surface area contributed by atoms with Crippen molar-refractivity contribution >= 4 is 73.9 Å². The Labute approximate surface area is 283 Å². The Kier molecular flexibility index (Phi) is 12.2. The van der Waals surface area contributed by atoms with Gasteiger partial charge in [0.25, 0.3) is 10.0 Å². The number of nitrogens with zero attached hydrogens (tertiary/aromatic N) is 2. The van der Waals surface area contributed by atoms with E-state index in [1.54, 1.807) is 36.4 Å². The van der Waals surface area contributed by atoms with E-state index in [2.05, 4.69) is 5.32 Å². The van der Waals surface area contributed by atoms with E-state index >= 15 is 0 Å². The minimum atomic E-state index is -4.29. The van der Waals surface area contributed by atoms with E-state index in [0.29, 0.717) is 28.6 Å². The van der Waals surface area contributed by atoms with Gasteiger partial charge in [-0.25, -0.2) is 8.42 Å². The highest BCUT2D eigenvalue weighted by molar-refractivity contribution is 7.92. The summed E-state index contributed by atoms with van der Waals surface area (Å²) in [5.74, 6) is -1.06. The quantitative estimate of drug-likeness (QED) is 0.155. The van der Waals surface area contributed by atoms with Crippen LogP contribution in [0.5, 0.6) is 0 Å². The van der Waals surface area contributed by atoms with Gasteiger partial charge in [-0.05, 0) is 54.4 Å². The first-order valence-corrected chi connectivity index (χ1v) is 17.0. The smallest absolute Gasteiger partial charge is 0.264 e. The van der Waals surface area contributed by atoms with Gasteiger partial charge in [-0.1, -0.05) is 108 Å². The summed E-state index contributed by atoms with van der Waals surface area (Å²) in [6, 6.07) is 25.2. The van der Waals surface area contributed by atoms with E-state index in [4.69, 9.17) is 46.4 Å². The van der Waals surface area contributed by atoms with Crippen LogP contribution in [0.4, 0.5) is 5.69 Å². The van der Waals surface area contributed by atoms with Crippen molar-refractivity contribution in [2.24, 2.45) is 0 Å². The molecule has 0 aliphatic rings. The molecule has 4 aromatic rings. The molecule has 12 heteroatoms. The van der Waals surface area contributed by atoms with E-state index in [0.717, 1.165) is 9.87 Å². The Morgan fingerprint density at radius 1 is 0.778 bits per heavy atom. The van der Waals surface area contributed by atoms with Crippen molar-refractivity contribution in [1.82, 2.24) is 10.2 Å². The van der Waals surface area contributed by atoms with E-state index < -0.39 is 34.4 Å². The lowest BCUT2D eigenvalue weighted by atomic mass is 10.0. The van der Waals surface area contributed by atoms with Gasteiger partial charge in [0, 0.05) is 35.1 Å². The lowest BCUT2D eigenvalue weighted by Gasteiger charge is -2.34. The predicted molar refractivity (Wildman–Crippen MR) is 182 cm³/mol. The van der Waals surface area contributed by atoms with Crippen LogP contribution in [-0.4, -0.2) is 44.3 Å². The molecule has 1 N–H and O–H groups in total. The van der Waals surface area contributed by atoms with Crippen molar-refractivity contribution in [3.8, 4) is 0 Å². The third-order valence-corrected chi connectivity index (χ3v) is 10.2. The van der Waals surface area contributed by atoms with Crippen molar-refractivity contribution in [2.45, 2.75) is 37.2 Å². The number of nitrogens with one attached hydrogen (secondary N) is 1. The number of benzene rings is 4. The predicted octanol–water partition coefficient (Wildman–Crippen LogP) is 7.66. The molecule has 2 amide bonds. The van der Waals surface area contributed by atoms with Crippen LogP contribution in [-0.2, 0) is 32.6 Å². The van der Waals surface area contributed by atoms with Crippen LogP contribution in [0.3, 0.4) is 0 Å². The van der Waals surface area contributed by atoms with Crippen LogP contribution in [0.15, 0.2) is 102 Å². The maximum Gasteiger partial charge on any atom is 0.264 e. The molecule has 0 heterocycles. The molecule has 0 unspecified atom stereocenters. The zero-order chi connectivity index (χ0) is 32.6. The largest absolute Gasteiger partial charge is 0.354 e. The van der Waals surface area contributed by atoms with Gasteiger partial charge in [0.15, 0.2) is 0 Å². The molecule has 0 saturated carbocycles. The first kappa shape index (κ1) is 34.6. The number of hydrogen-bond acceptors (Lipinski definition) is 4. The molecule has 0 aromatic heterocycles. The molecule has 7 nitrogen and oxygen atoms in total. The van der Waals surface area contributed by atoms with Gasteiger partial charge < -0.3 is 10.2 Å². The number of carbonyl (C=O) groups is 2. The lowest BCUT2D eigenvalue weighted by molar-refractivity contribution is -0.140. The Hall–Kier alpha value is -3.27. The molecule has 4 rings (SSSR count). The van der Waals surface area contributed by atoms with Gasteiger partial charge in [0.2, 0.25) is 11.8 Å². The molecule has 0 radical (unpaired) electrons. The maximum absolute atomic E-state index is 14.5. The van der Waals surface area contributed by atoms with Crippen LogP contribution in [0.25, 0.3) is 0 Å². The molecular weight excluding hydrogens is 676 g/mol. The summed E-state index contributed by atoms with van der Waals surface area (Å²) in [5, 5.41) is 3.81. The summed E-state index contributed by atoms with van der Waals surface area (Å²) in [6.07, 6.45) is 0.830. The summed E-state index contributed by atoms with van der Waals surface area (Å²) >= 11 is 25.5. The van der Waals surface area contributed by atoms with E-state index in [1.165, 1.54) is 35.2 Å². The maximum atomic E-state index is 14.5. The van der Waals surface area contributed by atoms with Crippen LogP contribution in [0.1, 0.15) is 24.5 Å². The van der Waals surface area contributed by atoms with Crippen molar-refractivity contribution in [3.63, 3.8) is 0 Å². The molecule has 0 saturated heterocycles. The zero-order valence-corrected chi connectivity index (χ0v) is 28.1. The Balaban J connectivity index is 1.84. The van der Waals surface area contributed by atoms with Gasteiger partial charge in [0.1, 0.15) is 12.6 Å². The minimum Gasteiger partial charge on any atom is -0.354 e. The molecule has 45 heavy (non-hydrogen) atoms. The highest BCUT2D eigenvalue weighted by Gasteiger charge is 2.35. The molecule has 0 fully saturated rings. The third-order valence-electron chi connectivity index (χ3n) is 7.01. The average Bonchev–Trinajstić information content (AvgIpc) is 3.03. The van der Waals surface area contributed by atoms with E-state index in [9.17, 15) is 18.0 Å². The standard InChI is InChI=1S/C33H31Cl4N3O4S/c1-2-18-38-33(42)31(19-23-10-5-3-6-11-23)39(21-26-27(34)14-9-15-28(26)35)32(41)22-40(24-16-17-29(36)30(37)20-24)45(43,44)25-12-7-4-8-13-25/h3-17,20,31H,2,18-19,21-22H2,1H3,(H,38,42)/t31-/m0/s1. The zero-order valence-electron chi connectivity index (χ0n) is 24.3. The fourth-order valence-corrected chi connectivity index (χ4v) is 6.90. The van der Waals surface area contributed by atoms with Crippen LogP contribution in [0, 0.1) is 0 Å². The summed E-state index contributed by atoms with van der Waals surface area (Å²) < 4.78 is 29.1. The molecule has 236 valence electrons. The fraction of sp³-hybridized carbons (Fsp3) is 0.212.